The number of nitrogens with zero attached hydrogens (tertiary/aromatic N) is 4. The van der Waals surface area contributed by atoms with Gasteiger partial charge in [-0.25, -0.2) is 9.34 Å². The summed E-state index contributed by atoms with van der Waals surface area (Å²) in [4.78, 5) is 11.3. The molecule has 0 heterocycles. The van der Waals surface area contributed by atoms with E-state index >= 15 is 0 Å². The Morgan fingerprint density at radius 1 is 0.500 bits per heavy atom. The molecule has 5 aromatic rings. The van der Waals surface area contributed by atoms with Crippen LogP contribution in [0.25, 0.3) is 0 Å². The van der Waals surface area contributed by atoms with E-state index in [4.69, 9.17) is 33.4 Å². The smallest absolute Gasteiger partial charge is 0.497 e. The molecule has 48 heavy (non-hydrogen) atoms. The fraction of sp³-hybridized carbons (Fsp3) is 0.189. The number of benzene rings is 5. The molecule has 0 amide bonds. The third kappa shape index (κ3) is 8.29. The lowest BCUT2D eigenvalue weighted by atomic mass is 10.3. The van der Waals surface area contributed by atoms with Crippen LogP contribution in [0, 0.1) is 0 Å². The molecule has 0 aliphatic carbocycles. The maximum Gasteiger partial charge on any atom is 0.504 e. The predicted octanol–water partition coefficient (Wildman–Crippen LogP) is 8.25. The molecular formula is C37H41N4O6P. The van der Waals surface area contributed by atoms with Crippen LogP contribution in [-0.4, -0.2) is 62.1 Å². The van der Waals surface area contributed by atoms with Gasteiger partial charge in [0.25, 0.3) is 0 Å². The molecule has 0 fully saturated rings. The van der Waals surface area contributed by atoms with Crippen molar-refractivity contribution in [1.29, 1.82) is 0 Å². The molecule has 5 aromatic carbocycles. The van der Waals surface area contributed by atoms with Gasteiger partial charge in [0, 0.05) is 0 Å². The first-order chi connectivity index (χ1) is 23.3. The van der Waals surface area contributed by atoms with Gasteiger partial charge >= 0.3 is 6.10 Å². The number of hydrogen-bond donors (Lipinski definition) is 0. The van der Waals surface area contributed by atoms with Crippen LogP contribution in [0.15, 0.2) is 151 Å². The van der Waals surface area contributed by atoms with Crippen molar-refractivity contribution in [1.82, 2.24) is 14.0 Å². The van der Waals surface area contributed by atoms with Gasteiger partial charge in [0.15, 0.2) is 12.5 Å². The van der Waals surface area contributed by atoms with Gasteiger partial charge in [0.1, 0.15) is 28.7 Å². The van der Waals surface area contributed by atoms with E-state index in [1.165, 1.54) is 0 Å². The molecule has 0 spiro atoms. The molecule has 0 aliphatic rings. The Labute approximate surface area is 282 Å². The lowest BCUT2D eigenvalue weighted by Crippen LogP contribution is -2.63. The molecule has 0 unspecified atom stereocenters. The molecule has 0 bridgehead atoms. The van der Waals surface area contributed by atoms with Gasteiger partial charge in [0.05, 0.1) is 7.11 Å². The number of para-hydroxylation sites is 4. The van der Waals surface area contributed by atoms with Crippen LogP contribution in [0.2, 0.25) is 0 Å². The molecule has 0 aliphatic heterocycles. The molecular weight excluding hydrogens is 627 g/mol. The van der Waals surface area contributed by atoms with E-state index in [2.05, 4.69) is 0 Å². The van der Waals surface area contributed by atoms with Gasteiger partial charge in [-0.3, -0.25) is 0 Å². The summed E-state index contributed by atoms with van der Waals surface area (Å²) in [7, 11) is 6.06. The third-order valence-corrected chi connectivity index (χ3v) is 10.6. The Kier molecular flexibility index (Phi) is 11.6. The van der Waals surface area contributed by atoms with Crippen LogP contribution in [0.3, 0.4) is 0 Å². The van der Waals surface area contributed by atoms with Gasteiger partial charge in [-0.05, 0) is 101 Å². The second kappa shape index (κ2) is 16.2. The topological polar surface area (TPSA) is 77.5 Å². The monoisotopic (exact) mass is 668 g/mol. The maximum atomic E-state index is 6.89. The quantitative estimate of drug-likeness (QED) is 0.0587. The third-order valence-electron chi connectivity index (χ3n) is 7.10. The highest BCUT2D eigenvalue weighted by Gasteiger charge is 2.57. The van der Waals surface area contributed by atoms with E-state index in [0.717, 1.165) is 0 Å². The van der Waals surface area contributed by atoms with Crippen LogP contribution in [0.1, 0.15) is 0 Å². The highest BCUT2D eigenvalue weighted by molar-refractivity contribution is 7.59. The molecule has 0 radical (unpaired) electrons. The molecule has 250 valence electrons. The van der Waals surface area contributed by atoms with Crippen molar-refractivity contribution < 1.29 is 28.5 Å². The lowest BCUT2D eigenvalue weighted by Gasteiger charge is -2.48. The first-order valence-electron chi connectivity index (χ1n) is 15.3. The zero-order valence-electron chi connectivity index (χ0n) is 27.7. The molecule has 0 N–H and O–H groups in total. The summed E-state index contributed by atoms with van der Waals surface area (Å²) in [5.41, 5.74) is 0. The average molecular weight is 669 g/mol. The van der Waals surface area contributed by atoms with Crippen molar-refractivity contribution in [3.63, 3.8) is 0 Å². The summed E-state index contributed by atoms with van der Waals surface area (Å²) in [6, 6.07) is 44.8. The van der Waals surface area contributed by atoms with Gasteiger partial charge in [0.2, 0.25) is 7.51 Å². The van der Waals surface area contributed by atoms with Crippen LogP contribution >= 0.6 is 7.51 Å². The molecule has 0 saturated carbocycles. The van der Waals surface area contributed by atoms with Crippen molar-refractivity contribution in [2.24, 2.45) is 4.91 Å². The minimum Gasteiger partial charge on any atom is -0.497 e. The molecule has 0 aromatic heterocycles. The fourth-order valence-electron chi connectivity index (χ4n) is 4.82. The highest BCUT2D eigenvalue weighted by atomic mass is 31.2. The maximum absolute atomic E-state index is 6.89. The Morgan fingerprint density at radius 3 is 1.25 bits per heavy atom. The van der Waals surface area contributed by atoms with Crippen molar-refractivity contribution in [2.45, 2.75) is 6.10 Å². The second-order valence-corrected chi connectivity index (χ2v) is 14.2. The molecule has 0 saturated heterocycles. The standard InChI is InChI=1S/C37H41N4O6P/c1-39(2)48(40(3)4,38-47-36-28-26-31(42-5)27-29-36)41(30-43-32-18-10-6-11-19-32)37(44-33-20-12-7-13-21-33,45-34-22-14-8-15-23-34)46-35-24-16-9-17-25-35/h6-29H,30H2,1-5H3. The van der Waals surface area contributed by atoms with Crippen molar-refractivity contribution >= 4 is 7.51 Å². The van der Waals surface area contributed by atoms with E-state index < -0.39 is 13.6 Å². The number of ether oxygens (including phenoxy) is 5. The Morgan fingerprint density at radius 2 is 0.875 bits per heavy atom. The predicted molar refractivity (Wildman–Crippen MR) is 188 cm³/mol. The molecule has 5 rings (SSSR count). The minimum atomic E-state index is -3.23. The van der Waals surface area contributed by atoms with Crippen molar-refractivity contribution in [3.8, 4) is 34.5 Å². The van der Waals surface area contributed by atoms with Crippen LogP contribution < -0.4 is 28.5 Å². The Hall–Kier alpha value is -4.99. The lowest BCUT2D eigenvalue weighted by molar-refractivity contribution is -0.324. The van der Waals surface area contributed by atoms with E-state index in [0.29, 0.717) is 34.5 Å². The first-order valence-corrected chi connectivity index (χ1v) is 16.9. The number of methoxy groups -OCH3 is 1. The van der Waals surface area contributed by atoms with Crippen LogP contribution in [0.5, 0.6) is 34.5 Å². The van der Waals surface area contributed by atoms with E-state index in [9.17, 15) is 0 Å². The summed E-state index contributed by atoms with van der Waals surface area (Å²) in [5, 5.41) is 0. The molecule has 0 atom stereocenters. The zero-order chi connectivity index (χ0) is 33.8. The van der Waals surface area contributed by atoms with E-state index in [-0.39, 0.29) is 6.73 Å². The summed E-state index contributed by atoms with van der Waals surface area (Å²) in [5.74, 6) is 3.30. The molecule has 11 heteroatoms. The normalized spacial score (nSPS) is 11.7. The van der Waals surface area contributed by atoms with Crippen LogP contribution in [-0.2, 0) is 0 Å². The molecule has 10 nitrogen and oxygen atoms in total. The van der Waals surface area contributed by atoms with Crippen molar-refractivity contribution in [2.75, 3.05) is 42.0 Å². The van der Waals surface area contributed by atoms with Gasteiger partial charge in [-0.1, -0.05) is 82.4 Å². The summed E-state index contributed by atoms with van der Waals surface area (Å²) < 4.78 is 38.3. The minimum absolute atomic E-state index is 0.101. The van der Waals surface area contributed by atoms with Gasteiger partial charge in [-0.15, -0.1) is 0 Å². The van der Waals surface area contributed by atoms with E-state index in [1.807, 2.05) is 176 Å². The van der Waals surface area contributed by atoms with E-state index in [1.54, 1.807) is 19.2 Å². The van der Waals surface area contributed by atoms with Crippen LogP contribution in [0.4, 0.5) is 0 Å². The van der Waals surface area contributed by atoms with Gasteiger partial charge in [-0.2, -0.15) is 0 Å². The summed E-state index contributed by atoms with van der Waals surface area (Å²) in [6.45, 7) is -0.101. The second-order valence-electron chi connectivity index (χ2n) is 10.8. The Balaban J connectivity index is 1.77. The largest absolute Gasteiger partial charge is 0.504 e. The average Bonchev–Trinajstić information content (AvgIpc) is 3.11. The zero-order valence-corrected chi connectivity index (χ0v) is 28.6. The Bertz CT molecular complexity index is 1620. The summed E-state index contributed by atoms with van der Waals surface area (Å²) in [6.07, 6.45) is -2.02. The summed E-state index contributed by atoms with van der Waals surface area (Å²) >= 11 is 0. The number of hydrogen-bond acceptors (Lipinski definition) is 7. The van der Waals surface area contributed by atoms with Crippen molar-refractivity contribution in [3.05, 3.63) is 146 Å². The van der Waals surface area contributed by atoms with Gasteiger partial charge < -0.3 is 28.5 Å². The number of rotatable bonds is 16. The first kappa shape index (κ1) is 34.3. The highest BCUT2D eigenvalue weighted by Crippen LogP contribution is 2.60. The fourth-order valence-corrected chi connectivity index (χ4v) is 7.65. The SMILES string of the molecule is COc1ccc(ON=P(N(C)C)(N(C)C)N(COc2ccccc2)C(Oc2ccccc2)(Oc2ccccc2)Oc2ccccc2)cc1.